The number of hydrogen-bond donors (Lipinski definition) is 0. The molecule has 0 saturated carbocycles. The lowest BCUT2D eigenvalue weighted by Crippen LogP contribution is -2.63. The van der Waals surface area contributed by atoms with Crippen molar-refractivity contribution in [2.24, 2.45) is 0 Å². The number of halogens is 6. The molecule has 8 nitrogen and oxygen atoms in total. The molecular formula is C14H18F6NO7S-. The zero-order chi connectivity index (χ0) is 23.4. The standard InChI is InChI=1S/C14H19F6NO7S/c1-5-21(8(2)3)11(23)13(14(18,19)20,28-10(22)9(4)15)27-7-6-12(16,17)29(24,25)26/h8H,4-7H2,1-3H3,(H,24,25,26)/p-1. The molecule has 0 N–H and O–H groups in total. The molecule has 0 aromatic heterocycles. The van der Waals surface area contributed by atoms with Gasteiger partial charge in [0.25, 0.3) is 0 Å². The number of ether oxygens (including phenoxy) is 2. The van der Waals surface area contributed by atoms with Crippen molar-refractivity contribution in [3.63, 3.8) is 0 Å². The summed E-state index contributed by atoms with van der Waals surface area (Å²) >= 11 is 0. The summed E-state index contributed by atoms with van der Waals surface area (Å²) in [6, 6.07) is -0.937. The van der Waals surface area contributed by atoms with Crippen LogP contribution < -0.4 is 0 Å². The zero-order valence-corrected chi connectivity index (χ0v) is 16.2. The van der Waals surface area contributed by atoms with E-state index in [1.54, 1.807) is 0 Å². The number of amides is 1. The molecule has 29 heavy (non-hydrogen) atoms. The van der Waals surface area contributed by atoms with Crippen LogP contribution in [0.1, 0.15) is 27.2 Å². The summed E-state index contributed by atoms with van der Waals surface area (Å²) < 4.78 is 120. The Morgan fingerprint density at radius 1 is 1.17 bits per heavy atom. The lowest BCUT2D eigenvalue weighted by atomic mass is 10.1. The number of nitrogens with zero attached hydrogens (tertiary/aromatic N) is 1. The van der Waals surface area contributed by atoms with Crippen molar-refractivity contribution in [1.29, 1.82) is 0 Å². The number of likely N-dealkylation sites (N-methyl/N-ethyl adjacent to an activating group) is 1. The van der Waals surface area contributed by atoms with Crippen LogP contribution in [0, 0.1) is 0 Å². The summed E-state index contributed by atoms with van der Waals surface area (Å²) in [7, 11) is -6.27. The third-order valence-corrected chi connectivity index (χ3v) is 4.34. The van der Waals surface area contributed by atoms with E-state index in [2.05, 4.69) is 16.1 Å². The van der Waals surface area contributed by atoms with Crippen LogP contribution in [-0.2, 0) is 29.2 Å². The molecule has 0 rings (SSSR count). The molecule has 0 spiro atoms. The van der Waals surface area contributed by atoms with Crippen molar-refractivity contribution in [3.05, 3.63) is 12.4 Å². The minimum absolute atomic E-state index is 0.392. The van der Waals surface area contributed by atoms with E-state index in [9.17, 15) is 48.9 Å². The van der Waals surface area contributed by atoms with Crippen LogP contribution in [0.5, 0.6) is 0 Å². The Morgan fingerprint density at radius 3 is 1.97 bits per heavy atom. The number of hydrogen-bond acceptors (Lipinski definition) is 7. The molecule has 0 aromatic carbocycles. The number of carbonyl (C=O) groups excluding carboxylic acids is 2. The van der Waals surface area contributed by atoms with Gasteiger partial charge in [0.2, 0.25) is 5.83 Å². The quantitative estimate of drug-likeness (QED) is 0.162. The van der Waals surface area contributed by atoms with Crippen LogP contribution in [0.3, 0.4) is 0 Å². The highest BCUT2D eigenvalue weighted by molar-refractivity contribution is 7.86. The molecule has 1 unspecified atom stereocenters. The minimum Gasteiger partial charge on any atom is -0.743 e. The average Bonchev–Trinajstić information content (AvgIpc) is 2.51. The highest BCUT2D eigenvalue weighted by atomic mass is 32.2. The molecular weight excluding hydrogens is 440 g/mol. The van der Waals surface area contributed by atoms with Gasteiger partial charge in [0.15, 0.2) is 10.1 Å². The Morgan fingerprint density at radius 2 is 1.66 bits per heavy atom. The maximum absolute atomic E-state index is 13.7. The number of esters is 1. The van der Waals surface area contributed by atoms with Crippen LogP contribution in [0.15, 0.2) is 12.4 Å². The van der Waals surface area contributed by atoms with Gasteiger partial charge in [-0.2, -0.15) is 26.3 Å². The molecule has 170 valence electrons. The maximum atomic E-state index is 13.7. The molecule has 1 atom stereocenters. The molecule has 0 aliphatic heterocycles. The van der Waals surface area contributed by atoms with Crippen LogP contribution in [-0.4, -0.2) is 66.2 Å². The lowest BCUT2D eigenvalue weighted by Gasteiger charge is -2.38. The van der Waals surface area contributed by atoms with Gasteiger partial charge in [-0.25, -0.2) is 13.2 Å². The first-order valence-corrected chi connectivity index (χ1v) is 9.17. The summed E-state index contributed by atoms with van der Waals surface area (Å²) in [4.78, 5) is 24.3. The predicted molar refractivity (Wildman–Crippen MR) is 82.9 cm³/mol. The molecule has 0 aliphatic carbocycles. The third kappa shape index (κ3) is 6.30. The summed E-state index contributed by atoms with van der Waals surface area (Å²) in [6.07, 6.45) is -8.02. The van der Waals surface area contributed by atoms with Crippen LogP contribution in [0.4, 0.5) is 26.3 Å². The second-order valence-electron chi connectivity index (χ2n) is 5.78. The van der Waals surface area contributed by atoms with E-state index < -0.39 is 70.7 Å². The molecule has 15 heteroatoms. The maximum Gasteiger partial charge on any atom is 0.466 e. The van der Waals surface area contributed by atoms with Crippen LogP contribution in [0.2, 0.25) is 0 Å². The summed E-state index contributed by atoms with van der Waals surface area (Å²) in [5.41, 5.74) is 0. The van der Waals surface area contributed by atoms with Gasteiger partial charge in [0.1, 0.15) is 0 Å². The van der Waals surface area contributed by atoms with E-state index in [4.69, 9.17) is 0 Å². The summed E-state index contributed by atoms with van der Waals surface area (Å²) in [6.45, 7) is 3.89. The molecule has 0 aromatic rings. The SMILES string of the molecule is C=C(F)C(=O)OC(OCCC(F)(F)S(=O)(=O)[O-])(C(=O)N(CC)C(C)C)C(F)(F)F. The first-order chi connectivity index (χ1) is 12.8. The number of alkyl halides is 5. The monoisotopic (exact) mass is 458 g/mol. The fourth-order valence-corrected chi connectivity index (χ4v) is 2.29. The van der Waals surface area contributed by atoms with Crippen molar-refractivity contribution in [1.82, 2.24) is 4.90 Å². The highest BCUT2D eigenvalue weighted by Crippen LogP contribution is 2.39. The molecule has 0 heterocycles. The zero-order valence-electron chi connectivity index (χ0n) is 15.4. The van der Waals surface area contributed by atoms with E-state index in [1.807, 2.05) is 0 Å². The second-order valence-corrected chi connectivity index (χ2v) is 7.29. The van der Waals surface area contributed by atoms with Gasteiger partial charge in [-0.15, -0.1) is 0 Å². The number of rotatable bonds is 10. The Balaban J connectivity index is 6.22. The average molecular weight is 458 g/mol. The third-order valence-electron chi connectivity index (χ3n) is 3.40. The molecule has 0 radical (unpaired) electrons. The van der Waals surface area contributed by atoms with Gasteiger partial charge in [0, 0.05) is 19.0 Å². The van der Waals surface area contributed by atoms with Gasteiger partial charge in [-0.1, -0.05) is 6.58 Å². The van der Waals surface area contributed by atoms with Crippen molar-refractivity contribution >= 4 is 22.0 Å². The van der Waals surface area contributed by atoms with Gasteiger partial charge >= 0.3 is 29.1 Å². The second kappa shape index (κ2) is 9.30. The predicted octanol–water partition coefficient (Wildman–Crippen LogP) is 2.07. The first kappa shape index (κ1) is 27.1. The molecule has 1 amide bonds. The fraction of sp³-hybridized carbons (Fsp3) is 0.714. The smallest absolute Gasteiger partial charge is 0.466 e. The Bertz CT molecular complexity index is 737. The van der Waals surface area contributed by atoms with Crippen molar-refractivity contribution in [2.45, 2.75) is 50.5 Å². The van der Waals surface area contributed by atoms with E-state index in [0.717, 1.165) is 0 Å². The molecule has 0 fully saturated rings. The minimum atomic E-state index is -6.27. The summed E-state index contributed by atoms with van der Waals surface area (Å²) in [5, 5.41) is -5.05. The summed E-state index contributed by atoms with van der Waals surface area (Å²) in [5.74, 6) is -11.1. The molecule has 0 aliphatic rings. The van der Waals surface area contributed by atoms with Crippen molar-refractivity contribution < 1.29 is 58.4 Å². The van der Waals surface area contributed by atoms with Gasteiger partial charge in [-0.05, 0) is 20.8 Å². The fourth-order valence-electron chi connectivity index (χ4n) is 1.95. The topological polar surface area (TPSA) is 113 Å². The highest BCUT2D eigenvalue weighted by Gasteiger charge is 2.68. The Labute approximate surface area is 162 Å². The normalized spacial score (nSPS) is 15.0. The Hall–Kier alpha value is -1.87. The molecule has 0 saturated heterocycles. The van der Waals surface area contributed by atoms with Crippen LogP contribution >= 0.6 is 0 Å². The molecule has 0 bridgehead atoms. The van der Waals surface area contributed by atoms with Gasteiger partial charge in [-0.3, -0.25) is 4.79 Å². The lowest BCUT2D eigenvalue weighted by molar-refractivity contribution is -0.352. The van der Waals surface area contributed by atoms with E-state index in [-0.39, 0.29) is 0 Å². The Kier molecular flexibility index (Phi) is 8.70. The van der Waals surface area contributed by atoms with E-state index in [1.165, 1.54) is 20.8 Å². The number of carbonyl (C=O) groups is 2. The van der Waals surface area contributed by atoms with Crippen molar-refractivity contribution in [2.75, 3.05) is 13.2 Å². The van der Waals surface area contributed by atoms with Crippen molar-refractivity contribution in [3.8, 4) is 0 Å². The first-order valence-electron chi connectivity index (χ1n) is 7.76. The van der Waals surface area contributed by atoms with Crippen LogP contribution in [0.25, 0.3) is 0 Å². The largest absolute Gasteiger partial charge is 0.743 e. The van der Waals surface area contributed by atoms with Gasteiger partial charge < -0.3 is 18.9 Å². The van der Waals surface area contributed by atoms with E-state index >= 15 is 0 Å². The van der Waals surface area contributed by atoms with Gasteiger partial charge in [0.05, 0.1) is 6.61 Å². The van der Waals surface area contributed by atoms with E-state index in [0.29, 0.717) is 4.90 Å².